The third-order valence-corrected chi connectivity index (χ3v) is 6.74. The van der Waals surface area contributed by atoms with Crippen molar-refractivity contribution in [3.63, 3.8) is 0 Å². The number of hydrogen-bond acceptors (Lipinski definition) is 6. The number of methoxy groups -OCH3 is 2. The Morgan fingerprint density at radius 2 is 1.68 bits per heavy atom. The average molecular weight is 536 g/mol. The van der Waals surface area contributed by atoms with Crippen LogP contribution in [0.2, 0.25) is 5.02 Å². The number of aryl methyl sites for hydroxylation is 1. The van der Waals surface area contributed by atoms with Crippen molar-refractivity contribution in [3.8, 4) is 17.2 Å². The molecule has 3 aromatic carbocycles. The number of ether oxygens (including phenoxy) is 3. The van der Waals surface area contributed by atoms with Gasteiger partial charge in [-0.1, -0.05) is 55.8 Å². The van der Waals surface area contributed by atoms with Gasteiger partial charge in [-0.25, -0.2) is 0 Å². The van der Waals surface area contributed by atoms with Crippen LogP contribution in [0.25, 0.3) is 5.76 Å². The van der Waals surface area contributed by atoms with E-state index in [1.807, 2.05) is 38.1 Å². The Morgan fingerprint density at radius 1 is 0.974 bits per heavy atom. The van der Waals surface area contributed by atoms with E-state index in [2.05, 4.69) is 0 Å². The van der Waals surface area contributed by atoms with Crippen molar-refractivity contribution in [2.75, 3.05) is 25.7 Å². The minimum Gasteiger partial charge on any atom is -0.507 e. The third-order valence-electron chi connectivity index (χ3n) is 6.45. The lowest BCUT2D eigenvalue weighted by molar-refractivity contribution is -0.132. The second-order valence-electron chi connectivity index (χ2n) is 8.80. The van der Waals surface area contributed by atoms with E-state index in [9.17, 15) is 14.7 Å². The molecule has 4 rings (SSSR count). The van der Waals surface area contributed by atoms with E-state index in [4.69, 9.17) is 25.8 Å². The van der Waals surface area contributed by atoms with Gasteiger partial charge in [0, 0.05) is 17.8 Å². The van der Waals surface area contributed by atoms with Crippen molar-refractivity contribution in [2.24, 2.45) is 0 Å². The third kappa shape index (κ3) is 5.07. The van der Waals surface area contributed by atoms with E-state index in [0.29, 0.717) is 29.4 Å². The van der Waals surface area contributed by atoms with Gasteiger partial charge in [0.1, 0.15) is 23.0 Å². The van der Waals surface area contributed by atoms with Crippen LogP contribution >= 0.6 is 11.6 Å². The van der Waals surface area contributed by atoms with Crippen LogP contribution in [0.3, 0.4) is 0 Å². The van der Waals surface area contributed by atoms with Crippen molar-refractivity contribution in [1.29, 1.82) is 0 Å². The molecule has 0 saturated carbocycles. The molecule has 1 aliphatic rings. The molecule has 0 spiro atoms. The number of ketones is 1. The number of aliphatic hydroxyl groups excluding tert-OH is 1. The summed E-state index contributed by atoms with van der Waals surface area (Å²) in [7, 11) is 2.89. The van der Waals surface area contributed by atoms with Gasteiger partial charge in [0.2, 0.25) is 0 Å². The summed E-state index contributed by atoms with van der Waals surface area (Å²) < 4.78 is 16.5. The van der Waals surface area contributed by atoms with Gasteiger partial charge in [-0.2, -0.15) is 0 Å². The number of amides is 1. The highest BCUT2D eigenvalue weighted by Crippen LogP contribution is 2.45. The van der Waals surface area contributed by atoms with Gasteiger partial charge in [-0.3, -0.25) is 14.5 Å². The summed E-state index contributed by atoms with van der Waals surface area (Å²) in [5.74, 6) is -0.811. The molecule has 1 atom stereocenters. The van der Waals surface area contributed by atoms with Crippen molar-refractivity contribution in [1.82, 2.24) is 0 Å². The molecular formula is C30H30ClNO6. The van der Waals surface area contributed by atoms with Crippen LogP contribution in [0.5, 0.6) is 17.2 Å². The lowest BCUT2D eigenvalue weighted by Crippen LogP contribution is -2.29. The first-order valence-electron chi connectivity index (χ1n) is 12.4. The van der Waals surface area contributed by atoms with E-state index < -0.39 is 23.5 Å². The standard InChI is InChI=1S/C30H30ClNO6/c1-5-14-38-21-9-7-8-20(15-21)32-27(19-12-10-18(6-2)11-13-19)26(29(34)30(32)35)28(33)22-16-23(31)25(37-4)17-24(22)36-3/h7-13,15-17,27,33H,5-6,14H2,1-4H3/b28-26+. The summed E-state index contributed by atoms with van der Waals surface area (Å²) in [6.07, 6.45) is 1.66. The van der Waals surface area contributed by atoms with Crippen LogP contribution < -0.4 is 19.1 Å². The SMILES string of the molecule is CCCOc1cccc(N2C(=O)C(=O)/C(=C(/O)c3cc(Cl)c(OC)cc3OC)C2c2ccc(CC)cc2)c1. The van der Waals surface area contributed by atoms with Crippen LogP contribution in [0, 0.1) is 0 Å². The van der Waals surface area contributed by atoms with Crippen LogP contribution in [0.4, 0.5) is 5.69 Å². The zero-order chi connectivity index (χ0) is 27.4. The Hall–Kier alpha value is -3.97. The van der Waals surface area contributed by atoms with Crippen LogP contribution in [-0.2, 0) is 16.0 Å². The smallest absolute Gasteiger partial charge is 0.300 e. The molecule has 1 N–H and O–H groups in total. The topological polar surface area (TPSA) is 85.3 Å². The van der Waals surface area contributed by atoms with Gasteiger partial charge < -0.3 is 19.3 Å². The molecule has 8 heteroatoms. The minimum atomic E-state index is -0.895. The molecule has 3 aromatic rings. The second kappa shape index (κ2) is 11.6. The highest BCUT2D eigenvalue weighted by atomic mass is 35.5. The molecule has 38 heavy (non-hydrogen) atoms. The second-order valence-corrected chi connectivity index (χ2v) is 9.20. The van der Waals surface area contributed by atoms with Crippen LogP contribution in [0.15, 0.2) is 66.2 Å². The Labute approximate surface area is 227 Å². The summed E-state index contributed by atoms with van der Waals surface area (Å²) in [4.78, 5) is 28.4. The van der Waals surface area contributed by atoms with E-state index in [1.54, 1.807) is 24.3 Å². The Balaban J connectivity index is 1.94. The summed E-state index contributed by atoms with van der Waals surface area (Å²) >= 11 is 6.35. The number of aliphatic hydroxyl groups is 1. The summed E-state index contributed by atoms with van der Waals surface area (Å²) in [6, 6.07) is 16.7. The van der Waals surface area contributed by atoms with Crippen molar-refractivity contribution in [2.45, 2.75) is 32.7 Å². The van der Waals surface area contributed by atoms with Crippen molar-refractivity contribution >= 4 is 34.7 Å². The van der Waals surface area contributed by atoms with Crippen LogP contribution in [0.1, 0.15) is 43.0 Å². The lowest BCUT2D eigenvalue weighted by Gasteiger charge is -2.26. The fraction of sp³-hybridized carbons (Fsp3) is 0.267. The summed E-state index contributed by atoms with van der Waals surface area (Å²) in [5, 5.41) is 11.8. The normalized spacial score (nSPS) is 16.6. The first-order chi connectivity index (χ1) is 18.3. The monoisotopic (exact) mass is 535 g/mol. The quantitative estimate of drug-likeness (QED) is 0.196. The van der Waals surface area contributed by atoms with E-state index in [1.165, 1.54) is 31.3 Å². The number of Topliss-reactive ketones (excluding diaryl/α,β-unsaturated/α-hetero) is 1. The van der Waals surface area contributed by atoms with Gasteiger partial charge in [0.25, 0.3) is 11.7 Å². The lowest BCUT2D eigenvalue weighted by atomic mass is 9.94. The van der Waals surface area contributed by atoms with E-state index in [-0.39, 0.29) is 21.9 Å². The molecule has 0 aromatic heterocycles. The number of carbonyl (C=O) groups excluding carboxylic acids is 2. The maximum Gasteiger partial charge on any atom is 0.300 e. The fourth-order valence-electron chi connectivity index (χ4n) is 4.48. The molecule has 198 valence electrons. The molecule has 0 bridgehead atoms. The molecule has 0 radical (unpaired) electrons. The largest absolute Gasteiger partial charge is 0.507 e. The Kier molecular flexibility index (Phi) is 8.27. The molecular weight excluding hydrogens is 506 g/mol. The number of rotatable bonds is 9. The first kappa shape index (κ1) is 27.1. The molecule has 1 saturated heterocycles. The van der Waals surface area contributed by atoms with Crippen molar-refractivity contribution in [3.05, 3.63) is 87.9 Å². The van der Waals surface area contributed by atoms with Gasteiger partial charge in [-0.15, -0.1) is 0 Å². The molecule has 1 heterocycles. The van der Waals surface area contributed by atoms with Gasteiger partial charge in [0.15, 0.2) is 0 Å². The molecule has 1 aliphatic heterocycles. The number of hydrogen-bond donors (Lipinski definition) is 1. The van der Waals surface area contributed by atoms with E-state index in [0.717, 1.165) is 18.4 Å². The predicted molar refractivity (Wildman–Crippen MR) is 147 cm³/mol. The van der Waals surface area contributed by atoms with Gasteiger partial charge >= 0.3 is 0 Å². The summed E-state index contributed by atoms with van der Waals surface area (Å²) in [6.45, 7) is 4.56. The minimum absolute atomic E-state index is 0.0707. The van der Waals surface area contributed by atoms with Gasteiger partial charge in [-0.05, 0) is 42.2 Å². The highest BCUT2D eigenvalue weighted by Gasteiger charge is 2.47. The zero-order valence-electron chi connectivity index (χ0n) is 21.8. The fourth-order valence-corrected chi connectivity index (χ4v) is 4.72. The maximum absolute atomic E-state index is 13.5. The predicted octanol–water partition coefficient (Wildman–Crippen LogP) is 6.33. The molecule has 1 unspecified atom stereocenters. The van der Waals surface area contributed by atoms with Crippen molar-refractivity contribution < 1.29 is 28.9 Å². The van der Waals surface area contributed by atoms with Crippen LogP contribution in [-0.4, -0.2) is 37.6 Å². The number of carbonyl (C=O) groups is 2. The first-order valence-corrected chi connectivity index (χ1v) is 12.8. The number of nitrogens with zero attached hydrogens (tertiary/aromatic N) is 1. The van der Waals surface area contributed by atoms with E-state index >= 15 is 0 Å². The molecule has 0 aliphatic carbocycles. The maximum atomic E-state index is 13.5. The number of halogens is 1. The molecule has 1 fully saturated rings. The number of benzene rings is 3. The highest BCUT2D eigenvalue weighted by molar-refractivity contribution is 6.51. The molecule has 7 nitrogen and oxygen atoms in total. The summed E-state index contributed by atoms with van der Waals surface area (Å²) in [5.41, 5.74) is 2.35. The average Bonchev–Trinajstić information content (AvgIpc) is 3.21. The molecule has 1 amide bonds. The number of anilines is 1. The van der Waals surface area contributed by atoms with Gasteiger partial charge in [0.05, 0.1) is 43.0 Å². The zero-order valence-corrected chi connectivity index (χ0v) is 22.5. The Bertz CT molecular complexity index is 1380. The Morgan fingerprint density at radius 3 is 2.32 bits per heavy atom.